The molecule has 0 saturated carbocycles. The summed E-state index contributed by atoms with van der Waals surface area (Å²) in [5.74, 6) is 0.385. The predicted molar refractivity (Wildman–Crippen MR) is 62.5 cm³/mol. The summed E-state index contributed by atoms with van der Waals surface area (Å²) >= 11 is 0. The Morgan fingerprint density at radius 1 is 1.47 bits per heavy atom. The maximum atomic E-state index is 13.0. The number of anilines is 1. The molecule has 2 nitrogen and oxygen atoms in total. The van der Waals surface area contributed by atoms with Crippen LogP contribution in [0.2, 0.25) is 0 Å². The number of halogens is 1. The van der Waals surface area contributed by atoms with Crippen molar-refractivity contribution in [3.63, 3.8) is 0 Å². The molecule has 0 spiro atoms. The van der Waals surface area contributed by atoms with E-state index in [2.05, 4.69) is 12.2 Å². The first kappa shape index (κ1) is 12.0. The quantitative estimate of drug-likeness (QED) is 0.783. The van der Waals surface area contributed by atoms with Crippen molar-refractivity contribution in [3.8, 4) is 0 Å². The first-order chi connectivity index (χ1) is 7.13. The molecule has 1 unspecified atom stereocenters. The number of rotatable bonds is 5. The van der Waals surface area contributed by atoms with Crippen molar-refractivity contribution in [2.75, 3.05) is 18.4 Å². The smallest absolute Gasteiger partial charge is 0.126 e. The first-order valence-electron chi connectivity index (χ1n) is 5.33. The zero-order chi connectivity index (χ0) is 11.3. The number of nitrogens with two attached hydrogens (primary N) is 1. The number of hydrogen-bond acceptors (Lipinski definition) is 2. The highest BCUT2D eigenvalue weighted by Gasteiger charge is 2.02. The van der Waals surface area contributed by atoms with Crippen LogP contribution in [0.4, 0.5) is 10.1 Å². The molecule has 0 aromatic heterocycles. The third-order valence-corrected chi connectivity index (χ3v) is 2.47. The molecule has 3 heteroatoms. The van der Waals surface area contributed by atoms with Crippen molar-refractivity contribution in [2.45, 2.75) is 20.3 Å². The van der Waals surface area contributed by atoms with E-state index >= 15 is 0 Å². The van der Waals surface area contributed by atoms with E-state index in [4.69, 9.17) is 5.73 Å². The van der Waals surface area contributed by atoms with Gasteiger partial charge in [0, 0.05) is 12.2 Å². The van der Waals surface area contributed by atoms with Gasteiger partial charge in [-0.1, -0.05) is 6.92 Å². The standard InChI is InChI=1S/C12H19FN2/c1-9(5-6-14)8-15-11-3-4-12(13)10(2)7-11/h3-4,7,9,15H,5-6,8,14H2,1-2H3. The Morgan fingerprint density at radius 2 is 2.20 bits per heavy atom. The van der Waals surface area contributed by atoms with Gasteiger partial charge < -0.3 is 11.1 Å². The fourth-order valence-electron chi connectivity index (χ4n) is 1.43. The molecule has 1 rings (SSSR count). The third kappa shape index (κ3) is 3.88. The molecule has 0 saturated heterocycles. The van der Waals surface area contributed by atoms with Gasteiger partial charge in [-0.2, -0.15) is 0 Å². The second-order valence-corrected chi connectivity index (χ2v) is 4.03. The minimum Gasteiger partial charge on any atom is -0.385 e. The van der Waals surface area contributed by atoms with Crippen molar-refractivity contribution in [3.05, 3.63) is 29.6 Å². The molecule has 3 N–H and O–H groups in total. The normalized spacial score (nSPS) is 12.5. The lowest BCUT2D eigenvalue weighted by Gasteiger charge is -2.12. The Hall–Kier alpha value is -1.09. The van der Waals surface area contributed by atoms with Crippen molar-refractivity contribution in [1.82, 2.24) is 0 Å². The van der Waals surface area contributed by atoms with Gasteiger partial charge in [0.15, 0.2) is 0 Å². The molecule has 0 heterocycles. The van der Waals surface area contributed by atoms with Gasteiger partial charge in [-0.25, -0.2) is 4.39 Å². The molecule has 1 atom stereocenters. The summed E-state index contributed by atoms with van der Waals surface area (Å²) in [5, 5.41) is 3.28. The largest absolute Gasteiger partial charge is 0.385 e. The van der Waals surface area contributed by atoms with E-state index in [0.29, 0.717) is 18.0 Å². The van der Waals surface area contributed by atoms with Crippen LogP contribution in [0.3, 0.4) is 0 Å². The summed E-state index contributed by atoms with van der Waals surface area (Å²) in [6, 6.07) is 5.08. The molecule has 0 bridgehead atoms. The molecule has 1 aromatic carbocycles. The summed E-state index contributed by atoms with van der Waals surface area (Å²) < 4.78 is 13.0. The van der Waals surface area contributed by atoms with E-state index in [0.717, 1.165) is 18.7 Å². The summed E-state index contributed by atoms with van der Waals surface area (Å²) in [6.45, 7) is 5.51. The summed E-state index contributed by atoms with van der Waals surface area (Å²) in [6.07, 6.45) is 1.01. The molecule has 0 fully saturated rings. The van der Waals surface area contributed by atoms with Crippen molar-refractivity contribution in [1.29, 1.82) is 0 Å². The molecule has 1 aromatic rings. The summed E-state index contributed by atoms with van der Waals surface area (Å²) in [5.41, 5.74) is 7.11. The first-order valence-corrected chi connectivity index (χ1v) is 5.33. The second kappa shape index (κ2) is 5.71. The molecule has 0 aliphatic rings. The monoisotopic (exact) mass is 210 g/mol. The SMILES string of the molecule is Cc1cc(NCC(C)CCN)ccc1F. The Morgan fingerprint density at radius 3 is 2.80 bits per heavy atom. The fraction of sp³-hybridized carbons (Fsp3) is 0.500. The van der Waals surface area contributed by atoms with Gasteiger partial charge in [-0.05, 0) is 49.6 Å². The Labute approximate surface area is 90.7 Å². The van der Waals surface area contributed by atoms with Crippen LogP contribution in [0.15, 0.2) is 18.2 Å². The van der Waals surface area contributed by atoms with Gasteiger partial charge in [0.25, 0.3) is 0 Å². The van der Waals surface area contributed by atoms with E-state index in [9.17, 15) is 4.39 Å². The van der Waals surface area contributed by atoms with Crippen LogP contribution in [0.1, 0.15) is 18.9 Å². The molecule has 15 heavy (non-hydrogen) atoms. The zero-order valence-corrected chi connectivity index (χ0v) is 9.39. The predicted octanol–water partition coefficient (Wildman–Crippen LogP) is 2.53. The van der Waals surface area contributed by atoms with Gasteiger partial charge in [0.2, 0.25) is 0 Å². The van der Waals surface area contributed by atoms with E-state index in [1.165, 1.54) is 6.07 Å². The maximum absolute atomic E-state index is 13.0. The topological polar surface area (TPSA) is 38.0 Å². The molecule has 84 valence electrons. The van der Waals surface area contributed by atoms with Crippen LogP contribution in [0.25, 0.3) is 0 Å². The molecule has 0 amide bonds. The van der Waals surface area contributed by atoms with Crippen molar-refractivity contribution in [2.24, 2.45) is 11.7 Å². The Kier molecular flexibility index (Phi) is 4.56. The van der Waals surface area contributed by atoms with E-state index in [1.807, 2.05) is 6.07 Å². The highest BCUT2D eigenvalue weighted by atomic mass is 19.1. The van der Waals surface area contributed by atoms with Crippen molar-refractivity contribution >= 4 is 5.69 Å². The lowest BCUT2D eigenvalue weighted by molar-refractivity contribution is 0.568. The summed E-state index contributed by atoms with van der Waals surface area (Å²) in [4.78, 5) is 0. The minimum atomic E-state index is -0.157. The number of aryl methyl sites for hydroxylation is 1. The van der Waals surface area contributed by atoms with E-state index in [-0.39, 0.29) is 5.82 Å². The lowest BCUT2D eigenvalue weighted by atomic mass is 10.1. The average molecular weight is 210 g/mol. The van der Waals surface area contributed by atoms with E-state index in [1.54, 1.807) is 13.0 Å². The van der Waals surface area contributed by atoms with Crippen LogP contribution < -0.4 is 11.1 Å². The molecule has 0 aliphatic heterocycles. The maximum Gasteiger partial charge on any atom is 0.126 e. The van der Waals surface area contributed by atoms with Gasteiger partial charge in [-0.3, -0.25) is 0 Å². The van der Waals surface area contributed by atoms with Crippen LogP contribution in [-0.4, -0.2) is 13.1 Å². The average Bonchev–Trinajstić information content (AvgIpc) is 2.20. The van der Waals surface area contributed by atoms with Crippen LogP contribution in [0.5, 0.6) is 0 Å². The van der Waals surface area contributed by atoms with Crippen LogP contribution in [0, 0.1) is 18.7 Å². The summed E-state index contributed by atoms with van der Waals surface area (Å²) in [7, 11) is 0. The Balaban J connectivity index is 2.47. The van der Waals surface area contributed by atoms with Gasteiger partial charge >= 0.3 is 0 Å². The number of nitrogens with one attached hydrogen (secondary N) is 1. The van der Waals surface area contributed by atoms with Crippen LogP contribution >= 0.6 is 0 Å². The lowest BCUT2D eigenvalue weighted by Crippen LogP contribution is -2.15. The second-order valence-electron chi connectivity index (χ2n) is 4.03. The minimum absolute atomic E-state index is 0.157. The number of benzene rings is 1. The highest BCUT2D eigenvalue weighted by molar-refractivity contribution is 5.45. The Bertz CT molecular complexity index is 312. The number of hydrogen-bond donors (Lipinski definition) is 2. The zero-order valence-electron chi connectivity index (χ0n) is 9.39. The molecule has 0 radical (unpaired) electrons. The van der Waals surface area contributed by atoms with Gasteiger partial charge in [0.05, 0.1) is 0 Å². The van der Waals surface area contributed by atoms with Gasteiger partial charge in [-0.15, -0.1) is 0 Å². The molecular weight excluding hydrogens is 191 g/mol. The van der Waals surface area contributed by atoms with Gasteiger partial charge in [0.1, 0.15) is 5.82 Å². The van der Waals surface area contributed by atoms with E-state index < -0.39 is 0 Å². The van der Waals surface area contributed by atoms with Crippen molar-refractivity contribution < 1.29 is 4.39 Å². The van der Waals surface area contributed by atoms with Crippen LogP contribution in [-0.2, 0) is 0 Å². The fourth-order valence-corrected chi connectivity index (χ4v) is 1.43. The third-order valence-electron chi connectivity index (χ3n) is 2.47. The molecule has 0 aliphatic carbocycles. The molecular formula is C12H19FN2. The highest BCUT2D eigenvalue weighted by Crippen LogP contribution is 2.14.